The van der Waals surface area contributed by atoms with Crippen molar-refractivity contribution in [3.63, 3.8) is 0 Å². The van der Waals surface area contributed by atoms with Crippen molar-refractivity contribution < 1.29 is 24.0 Å². The first kappa shape index (κ1) is 25.3. The summed E-state index contributed by atoms with van der Waals surface area (Å²) in [7, 11) is 0. The number of hydrogen-bond donors (Lipinski definition) is 3. The second-order valence-electron chi connectivity index (χ2n) is 9.06. The molecule has 1 saturated carbocycles. The first-order valence-corrected chi connectivity index (χ1v) is 12.6. The maximum Gasteiger partial charge on any atom is 0.323 e. The molecule has 0 saturated heterocycles. The Balaban J connectivity index is 1.20. The number of urea groups is 1. The SMILES string of the molecule is O=C(Nc1ccc(-c2noc([C@H]3CC[C@H](C(=O)O)CC3)n2)cc1)Nc1ccc(Cl)cc1Oc1ccccc1. The third kappa shape index (κ3) is 6.12. The van der Waals surface area contributed by atoms with Crippen LogP contribution in [0.15, 0.2) is 77.3 Å². The lowest BCUT2D eigenvalue weighted by Gasteiger charge is -2.23. The van der Waals surface area contributed by atoms with Crippen LogP contribution in [0.4, 0.5) is 16.2 Å². The first-order valence-electron chi connectivity index (χ1n) is 12.2. The molecule has 9 nitrogen and oxygen atoms in total. The highest BCUT2D eigenvalue weighted by Crippen LogP contribution is 2.36. The molecule has 10 heteroatoms. The van der Waals surface area contributed by atoms with E-state index in [1.807, 2.05) is 30.3 Å². The molecule has 0 radical (unpaired) electrons. The molecule has 1 heterocycles. The lowest BCUT2D eigenvalue weighted by molar-refractivity contribution is -0.142. The summed E-state index contributed by atoms with van der Waals surface area (Å²) < 4.78 is 11.4. The molecule has 0 spiro atoms. The van der Waals surface area contributed by atoms with E-state index in [-0.39, 0.29) is 11.8 Å². The number of para-hydroxylation sites is 1. The fraction of sp³-hybridized carbons (Fsp3) is 0.214. The number of aromatic nitrogens is 2. The van der Waals surface area contributed by atoms with Gasteiger partial charge in [0, 0.05) is 28.3 Å². The molecule has 0 atom stereocenters. The van der Waals surface area contributed by atoms with E-state index in [1.54, 1.807) is 42.5 Å². The monoisotopic (exact) mass is 532 g/mol. The fourth-order valence-corrected chi connectivity index (χ4v) is 4.55. The Morgan fingerprint density at radius 1 is 0.947 bits per heavy atom. The van der Waals surface area contributed by atoms with Gasteiger partial charge in [-0.25, -0.2) is 4.79 Å². The van der Waals surface area contributed by atoms with Crippen LogP contribution in [0.3, 0.4) is 0 Å². The van der Waals surface area contributed by atoms with Gasteiger partial charge in [0.15, 0.2) is 5.75 Å². The Hall–Kier alpha value is -4.37. The molecular weight excluding hydrogens is 508 g/mol. The number of hydrogen-bond acceptors (Lipinski definition) is 6. The number of carbonyl (C=O) groups excluding carboxylic acids is 1. The van der Waals surface area contributed by atoms with Crippen molar-refractivity contribution in [1.29, 1.82) is 0 Å². The first-order chi connectivity index (χ1) is 18.4. The maximum atomic E-state index is 12.7. The summed E-state index contributed by atoms with van der Waals surface area (Å²) in [6.45, 7) is 0. The average Bonchev–Trinajstić information content (AvgIpc) is 3.42. The highest BCUT2D eigenvalue weighted by atomic mass is 35.5. The second-order valence-corrected chi connectivity index (χ2v) is 9.49. The number of nitrogens with zero attached hydrogens (tertiary/aromatic N) is 2. The van der Waals surface area contributed by atoms with Crippen LogP contribution in [-0.2, 0) is 4.79 Å². The van der Waals surface area contributed by atoms with Crippen LogP contribution in [0.5, 0.6) is 11.5 Å². The summed E-state index contributed by atoms with van der Waals surface area (Å²) in [6.07, 6.45) is 2.64. The minimum atomic E-state index is -0.744. The van der Waals surface area contributed by atoms with Crippen molar-refractivity contribution in [2.45, 2.75) is 31.6 Å². The second kappa shape index (κ2) is 11.4. The van der Waals surface area contributed by atoms with Gasteiger partial charge in [-0.15, -0.1) is 0 Å². The number of ether oxygens (including phenoxy) is 1. The molecule has 38 heavy (non-hydrogen) atoms. The minimum Gasteiger partial charge on any atom is -0.481 e. The summed E-state index contributed by atoms with van der Waals surface area (Å²) >= 11 is 6.13. The van der Waals surface area contributed by atoms with Crippen molar-refractivity contribution >= 4 is 35.0 Å². The van der Waals surface area contributed by atoms with E-state index in [9.17, 15) is 14.7 Å². The van der Waals surface area contributed by atoms with E-state index in [1.165, 1.54) is 0 Å². The predicted octanol–water partition coefficient (Wildman–Crippen LogP) is 7.18. The molecular formula is C28H25ClN4O5. The summed E-state index contributed by atoms with van der Waals surface area (Å²) in [5, 5.41) is 19.3. The third-order valence-electron chi connectivity index (χ3n) is 6.43. The number of carboxylic acids is 1. The van der Waals surface area contributed by atoms with Crippen LogP contribution in [0.25, 0.3) is 11.4 Å². The van der Waals surface area contributed by atoms with Gasteiger partial charge >= 0.3 is 12.0 Å². The van der Waals surface area contributed by atoms with Gasteiger partial charge < -0.3 is 25.0 Å². The maximum absolute atomic E-state index is 12.7. The van der Waals surface area contributed by atoms with Crippen molar-refractivity contribution in [3.8, 4) is 22.9 Å². The summed E-state index contributed by atoms with van der Waals surface area (Å²) in [4.78, 5) is 28.4. The normalized spacial score (nSPS) is 17.0. The molecule has 0 aliphatic heterocycles. The summed E-state index contributed by atoms with van der Waals surface area (Å²) in [5.74, 6) is 1.03. The Bertz CT molecular complexity index is 1420. The zero-order valence-electron chi connectivity index (χ0n) is 20.3. The van der Waals surface area contributed by atoms with Crippen LogP contribution in [-0.4, -0.2) is 27.2 Å². The molecule has 5 rings (SSSR count). The lowest BCUT2D eigenvalue weighted by atomic mass is 9.82. The number of carbonyl (C=O) groups is 2. The highest BCUT2D eigenvalue weighted by Gasteiger charge is 2.29. The van der Waals surface area contributed by atoms with E-state index >= 15 is 0 Å². The number of nitrogens with one attached hydrogen (secondary N) is 2. The molecule has 1 aliphatic carbocycles. The van der Waals surface area contributed by atoms with Gasteiger partial charge in [0.05, 0.1) is 11.6 Å². The van der Waals surface area contributed by atoms with Crippen molar-refractivity contribution in [2.75, 3.05) is 10.6 Å². The van der Waals surface area contributed by atoms with Gasteiger partial charge in [0.1, 0.15) is 5.75 Å². The van der Waals surface area contributed by atoms with Crippen molar-refractivity contribution in [2.24, 2.45) is 5.92 Å². The van der Waals surface area contributed by atoms with Gasteiger partial charge in [0.25, 0.3) is 0 Å². The van der Waals surface area contributed by atoms with E-state index in [2.05, 4.69) is 20.8 Å². The molecule has 1 fully saturated rings. The predicted molar refractivity (Wildman–Crippen MR) is 143 cm³/mol. The molecule has 0 unspecified atom stereocenters. The summed E-state index contributed by atoms with van der Waals surface area (Å²) in [5.41, 5.74) is 1.77. The van der Waals surface area contributed by atoms with Gasteiger partial charge in [-0.1, -0.05) is 35.0 Å². The third-order valence-corrected chi connectivity index (χ3v) is 6.67. The van der Waals surface area contributed by atoms with Gasteiger partial charge in [-0.2, -0.15) is 4.98 Å². The van der Waals surface area contributed by atoms with Crippen molar-refractivity contribution in [3.05, 3.63) is 83.7 Å². The zero-order valence-corrected chi connectivity index (χ0v) is 21.0. The number of benzene rings is 3. The van der Waals surface area contributed by atoms with E-state index < -0.39 is 12.0 Å². The van der Waals surface area contributed by atoms with E-state index in [0.717, 1.165) is 5.56 Å². The molecule has 3 aromatic carbocycles. The molecule has 194 valence electrons. The number of carboxylic acid groups (broad SMARTS) is 1. The van der Waals surface area contributed by atoms with Crippen LogP contribution < -0.4 is 15.4 Å². The highest BCUT2D eigenvalue weighted by molar-refractivity contribution is 6.30. The molecule has 1 aromatic heterocycles. The van der Waals surface area contributed by atoms with Gasteiger partial charge in [-0.05, 0) is 74.2 Å². The molecule has 2 amide bonds. The largest absolute Gasteiger partial charge is 0.481 e. The Morgan fingerprint density at radius 3 is 2.39 bits per heavy atom. The van der Waals surface area contributed by atoms with Crippen LogP contribution in [0.1, 0.15) is 37.5 Å². The van der Waals surface area contributed by atoms with Gasteiger partial charge in [-0.3, -0.25) is 4.79 Å². The molecule has 3 N–H and O–H groups in total. The quantitative estimate of drug-likeness (QED) is 0.230. The number of rotatable bonds is 7. The average molecular weight is 533 g/mol. The van der Waals surface area contributed by atoms with Crippen LogP contribution in [0.2, 0.25) is 5.02 Å². The molecule has 1 aliphatic rings. The number of amides is 2. The number of anilines is 2. The van der Waals surface area contributed by atoms with Gasteiger partial charge in [0.2, 0.25) is 11.7 Å². The van der Waals surface area contributed by atoms with Crippen molar-refractivity contribution in [1.82, 2.24) is 10.1 Å². The van der Waals surface area contributed by atoms with Crippen LogP contribution >= 0.6 is 11.6 Å². The standard InChI is InChI=1S/C28H25ClN4O5/c29-20-12-15-23(24(16-20)37-22-4-2-1-3-5-22)31-28(36)30-21-13-10-17(11-14-21)25-32-26(38-33-25)18-6-8-19(9-7-18)27(34)35/h1-5,10-16,18-19H,6-9H2,(H,34,35)(H2,30,31,36)/t18-,19-. The minimum absolute atomic E-state index is 0.0696. The topological polar surface area (TPSA) is 127 Å². The van der Waals surface area contributed by atoms with Crippen LogP contribution in [0, 0.1) is 5.92 Å². The smallest absolute Gasteiger partial charge is 0.323 e. The Labute approximate surface area is 223 Å². The molecule has 0 bridgehead atoms. The summed E-state index contributed by atoms with van der Waals surface area (Å²) in [6, 6.07) is 20.8. The number of halogens is 1. The fourth-order valence-electron chi connectivity index (χ4n) is 4.39. The lowest BCUT2D eigenvalue weighted by Crippen LogP contribution is -2.20. The van der Waals surface area contributed by atoms with E-state index in [4.69, 9.17) is 20.9 Å². The molecule has 4 aromatic rings. The van der Waals surface area contributed by atoms with E-state index in [0.29, 0.717) is 65.3 Å². The zero-order chi connectivity index (χ0) is 26.5. The Kier molecular flexibility index (Phi) is 7.55. The Morgan fingerprint density at radius 2 is 1.68 bits per heavy atom. The number of aliphatic carboxylic acids is 1.